The van der Waals surface area contributed by atoms with Gasteiger partial charge in [-0.2, -0.15) is 0 Å². The van der Waals surface area contributed by atoms with E-state index in [9.17, 15) is 0 Å². The lowest BCUT2D eigenvalue weighted by Gasteiger charge is -2.06. The highest BCUT2D eigenvalue weighted by atomic mass is 79.9. The van der Waals surface area contributed by atoms with E-state index in [4.69, 9.17) is 15.6 Å². The van der Waals surface area contributed by atoms with Crippen LogP contribution in [0, 0.1) is 0 Å². The van der Waals surface area contributed by atoms with Crippen LogP contribution in [-0.2, 0) is 0 Å². The molecule has 66 valence electrons. The Morgan fingerprint density at radius 2 is 2.25 bits per heavy atom. The molecule has 0 fully saturated rings. The number of ether oxygens (including phenoxy) is 1. The van der Waals surface area contributed by atoms with Gasteiger partial charge in [-0.3, -0.25) is 0 Å². The Balaban J connectivity index is 2.75. The molecule has 0 saturated heterocycles. The van der Waals surface area contributed by atoms with Crippen LogP contribution in [0.3, 0.4) is 0 Å². The average Bonchev–Trinajstić information content (AvgIpc) is 2.07. The van der Waals surface area contributed by atoms with Crippen LogP contribution < -0.4 is 10.5 Å². The van der Waals surface area contributed by atoms with Crippen LogP contribution in [0.25, 0.3) is 0 Å². The molecule has 0 unspecified atom stereocenters. The molecule has 0 aliphatic heterocycles. The molecule has 12 heavy (non-hydrogen) atoms. The predicted octanol–water partition coefficient (Wildman–Crippen LogP) is 1.49. The van der Waals surface area contributed by atoms with Crippen LogP contribution in [0.4, 0.5) is 0 Å². The van der Waals surface area contributed by atoms with Crippen molar-refractivity contribution in [2.24, 2.45) is 5.73 Å². The predicted molar refractivity (Wildman–Crippen MR) is 50.4 cm³/mol. The van der Waals surface area contributed by atoms with Crippen LogP contribution in [0.1, 0.15) is 0 Å². The lowest BCUT2D eigenvalue weighted by molar-refractivity contribution is 0.324. The first kappa shape index (κ1) is 9.35. The molecule has 0 atom stereocenters. The molecule has 0 aromatic heterocycles. The number of nitrogens with two attached hydrogens (primary N) is 1. The second-order valence-corrected chi connectivity index (χ2v) is 3.11. The summed E-state index contributed by atoms with van der Waals surface area (Å²) in [6.07, 6.45) is 0. The zero-order valence-electron chi connectivity index (χ0n) is 6.46. The Morgan fingerprint density at radius 1 is 1.50 bits per heavy atom. The second kappa shape index (κ2) is 4.33. The molecule has 1 aromatic rings. The molecule has 3 N–H and O–H groups in total. The highest BCUT2D eigenvalue weighted by Gasteiger charge is 2.00. The average molecular weight is 232 g/mol. The first-order chi connectivity index (χ1) is 5.74. The molecule has 4 heteroatoms. The van der Waals surface area contributed by atoms with Gasteiger partial charge in [0, 0.05) is 12.6 Å². The van der Waals surface area contributed by atoms with Crippen molar-refractivity contribution in [3.8, 4) is 11.5 Å². The van der Waals surface area contributed by atoms with Gasteiger partial charge in [-0.05, 0) is 28.1 Å². The summed E-state index contributed by atoms with van der Waals surface area (Å²) in [4.78, 5) is 0. The van der Waals surface area contributed by atoms with Gasteiger partial charge in [0.25, 0.3) is 0 Å². The number of phenolic OH excluding ortho intramolecular Hbond substituents is 1. The lowest BCUT2D eigenvalue weighted by Crippen LogP contribution is -2.10. The molecule has 3 nitrogen and oxygen atoms in total. The number of hydrogen-bond donors (Lipinski definition) is 2. The monoisotopic (exact) mass is 231 g/mol. The minimum atomic E-state index is 0.185. The Bertz CT molecular complexity index is 265. The number of aromatic hydroxyl groups is 1. The molecule has 0 bridgehead atoms. The molecule has 0 aliphatic rings. The fraction of sp³-hybridized carbons (Fsp3) is 0.250. The SMILES string of the molecule is NCCOc1cc(O)ccc1Br. The van der Waals surface area contributed by atoms with Crippen molar-refractivity contribution in [1.82, 2.24) is 0 Å². The van der Waals surface area contributed by atoms with Crippen molar-refractivity contribution in [3.63, 3.8) is 0 Å². The molecule has 0 saturated carbocycles. The van der Waals surface area contributed by atoms with Gasteiger partial charge in [-0.1, -0.05) is 0 Å². The summed E-state index contributed by atoms with van der Waals surface area (Å²) in [5.41, 5.74) is 5.26. The van der Waals surface area contributed by atoms with E-state index in [1.54, 1.807) is 18.2 Å². The minimum Gasteiger partial charge on any atom is -0.508 e. The summed E-state index contributed by atoms with van der Waals surface area (Å²) < 4.78 is 6.05. The minimum absolute atomic E-state index is 0.185. The highest BCUT2D eigenvalue weighted by Crippen LogP contribution is 2.28. The van der Waals surface area contributed by atoms with E-state index in [-0.39, 0.29) is 5.75 Å². The van der Waals surface area contributed by atoms with Crippen LogP contribution >= 0.6 is 15.9 Å². The zero-order chi connectivity index (χ0) is 8.97. The Kier molecular flexibility index (Phi) is 3.37. The van der Waals surface area contributed by atoms with Crippen LogP contribution in [0.2, 0.25) is 0 Å². The summed E-state index contributed by atoms with van der Waals surface area (Å²) in [5.74, 6) is 0.797. The molecule has 1 rings (SSSR count). The molecule has 0 amide bonds. The molecule has 0 aliphatic carbocycles. The van der Waals surface area contributed by atoms with Gasteiger partial charge >= 0.3 is 0 Å². The number of phenols is 1. The van der Waals surface area contributed by atoms with E-state index < -0.39 is 0 Å². The van der Waals surface area contributed by atoms with Crippen LogP contribution in [-0.4, -0.2) is 18.3 Å². The van der Waals surface area contributed by atoms with Crippen molar-refractivity contribution in [3.05, 3.63) is 22.7 Å². The zero-order valence-corrected chi connectivity index (χ0v) is 8.04. The third-order valence-electron chi connectivity index (χ3n) is 1.29. The fourth-order valence-electron chi connectivity index (χ4n) is 0.772. The van der Waals surface area contributed by atoms with Crippen LogP contribution in [0.15, 0.2) is 22.7 Å². The normalized spacial score (nSPS) is 9.83. The summed E-state index contributed by atoms with van der Waals surface area (Å²) in [7, 11) is 0. The van der Waals surface area contributed by atoms with Gasteiger partial charge in [0.1, 0.15) is 18.1 Å². The number of hydrogen-bond acceptors (Lipinski definition) is 3. The first-order valence-corrected chi connectivity index (χ1v) is 4.34. The molecule has 0 spiro atoms. The second-order valence-electron chi connectivity index (χ2n) is 2.25. The van der Waals surface area contributed by atoms with E-state index in [0.29, 0.717) is 18.9 Å². The van der Waals surface area contributed by atoms with Crippen molar-refractivity contribution in [2.45, 2.75) is 0 Å². The van der Waals surface area contributed by atoms with Crippen LogP contribution in [0.5, 0.6) is 11.5 Å². The maximum absolute atomic E-state index is 9.10. The molecule has 1 aromatic carbocycles. The molecular weight excluding hydrogens is 222 g/mol. The van der Waals surface area contributed by atoms with E-state index in [2.05, 4.69) is 15.9 Å². The van der Waals surface area contributed by atoms with E-state index in [1.165, 1.54) is 0 Å². The topological polar surface area (TPSA) is 55.5 Å². The van der Waals surface area contributed by atoms with E-state index >= 15 is 0 Å². The Hall–Kier alpha value is -0.740. The Morgan fingerprint density at radius 3 is 2.92 bits per heavy atom. The van der Waals surface area contributed by atoms with Crippen molar-refractivity contribution in [1.29, 1.82) is 0 Å². The summed E-state index contributed by atoms with van der Waals surface area (Å²) >= 11 is 3.28. The van der Waals surface area contributed by atoms with Gasteiger partial charge in [0.05, 0.1) is 4.47 Å². The lowest BCUT2D eigenvalue weighted by atomic mass is 10.3. The van der Waals surface area contributed by atoms with Crippen molar-refractivity contribution >= 4 is 15.9 Å². The molecule has 0 radical (unpaired) electrons. The largest absolute Gasteiger partial charge is 0.508 e. The smallest absolute Gasteiger partial charge is 0.137 e. The van der Waals surface area contributed by atoms with Gasteiger partial charge in [-0.25, -0.2) is 0 Å². The van der Waals surface area contributed by atoms with Gasteiger partial charge in [-0.15, -0.1) is 0 Å². The van der Waals surface area contributed by atoms with E-state index in [0.717, 1.165) is 4.47 Å². The molecule has 0 heterocycles. The third kappa shape index (κ3) is 2.39. The molecular formula is C8H10BrNO2. The highest BCUT2D eigenvalue weighted by molar-refractivity contribution is 9.10. The standard InChI is InChI=1S/C8H10BrNO2/c9-7-2-1-6(11)5-8(7)12-4-3-10/h1-2,5,11H,3-4,10H2. The van der Waals surface area contributed by atoms with E-state index in [1.807, 2.05) is 0 Å². The summed E-state index contributed by atoms with van der Waals surface area (Å²) in [6.45, 7) is 0.907. The van der Waals surface area contributed by atoms with Crippen molar-refractivity contribution < 1.29 is 9.84 Å². The first-order valence-electron chi connectivity index (χ1n) is 3.55. The van der Waals surface area contributed by atoms with Gasteiger partial charge in [0.2, 0.25) is 0 Å². The summed E-state index contributed by atoms with van der Waals surface area (Å²) in [6, 6.07) is 4.85. The Labute approximate surface area is 79.3 Å². The maximum atomic E-state index is 9.10. The quantitative estimate of drug-likeness (QED) is 0.830. The number of benzene rings is 1. The maximum Gasteiger partial charge on any atom is 0.137 e. The van der Waals surface area contributed by atoms with Crippen molar-refractivity contribution in [2.75, 3.05) is 13.2 Å². The third-order valence-corrected chi connectivity index (χ3v) is 1.95. The summed E-state index contributed by atoms with van der Waals surface area (Å²) in [5, 5.41) is 9.10. The number of rotatable bonds is 3. The van der Waals surface area contributed by atoms with Gasteiger partial charge in [0.15, 0.2) is 0 Å². The fourth-order valence-corrected chi connectivity index (χ4v) is 1.13. The van der Waals surface area contributed by atoms with Gasteiger partial charge < -0.3 is 15.6 Å². The number of halogens is 1.